The minimum atomic E-state index is -4.96. The van der Waals surface area contributed by atoms with Gasteiger partial charge < -0.3 is 4.74 Å². The van der Waals surface area contributed by atoms with Crippen molar-refractivity contribution in [1.29, 1.82) is 0 Å². The van der Waals surface area contributed by atoms with E-state index in [0.717, 1.165) is 38.3 Å². The average Bonchev–Trinajstić information content (AvgIpc) is 2.69. The molecule has 168 valence electrons. The quantitative estimate of drug-likeness (QED) is 0.195. The van der Waals surface area contributed by atoms with Crippen molar-refractivity contribution in [1.82, 2.24) is 0 Å². The number of esters is 1. The number of nitrogens with zero attached hydrogens (tertiary/aromatic N) is 1. The van der Waals surface area contributed by atoms with Crippen LogP contribution in [0, 0.1) is 5.92 Å². The van der Waals surface area contributed by atoms with Crippen molar-refractivity contribution < 1.29 is 35.9 Å². The van der Waals surface area contributed by atoms with E-state index in [4.69, 9.17) is 4.74 Å². The molecule has 0 spiro atoms. The maximum absolute atomic E-state index is 13.1. The number of ether oxygens (including phenoxy) is 1. The zero-order valence-electron chi connectivity index (χ0n) is 16.2. The zero-order chi connectivity index (χ0) is 22.6. The molecule has 1 aliphatic rings. The predicted molar refractivity (Wildman–Crippen MR) is 104 cm³/mol. The molecule has 1 fully saturated rings. The molecule has 0 N–H and O–H groups in total. The van der Waals surface area contributed by atoms with Crippen LogP contribution < -0.4 is 0 Å². The first-order valence-corrected chi connectivity index (χ1v) is 10.5. The lowest BCUT2D eigenvalue weighted by Crippen LogP contribution is -2.42. The molecular formula is C20H22BrF6NO2. The summed E-state index contributed by atoms with van der Waals surface area (Å²) >= 11 is 3.23. The summed E-state index contributed by atoms with van der Waals surface area (Å²) < 4.78 is 83.3. The predicted octanol–water partition coefficient (Wildman–Crippen LogP) is 6.42. The largest absolute Gasteiger partial charge is 0.467 e. The minimum Gasteiger partial charge on any atom is -0.467 e. The van der Waals surface area contributed by atoms with Gasteiger partial charge in [0, 0.05) is 11.5 Å². The van der Waals surface area contributed by atoms with Crippen LogP contribution in [0.3, 0.4) is 0 Å². The van der Waals surface area contributed by atoms with E-state index in [2.05, 4.69) is 20.9 Å². The van der Waals surface area contributed by atoms with Gasteiger partial charge in [-0.2, -0.15) is 26.3 Å². The molecule has 1 aromatic rings. The molecule has 10 heteroatoms. The summed E-state index contributed by atoms with van der Waals surface area (Å²) in [6.45, 7) is 0. The smallest absolute Gasteiger partial charge is 0.416 e. The van der Waals surface area contributed by atoms with Crippen LogP contribution in [-0.2, 0) is 21.9 Å². The Bertz CT molecular complexity index is 739. The Kier molecular flexibility index (Phi) is 7.98. The highest BCUT2D eigenvalue weighted by molar-refractivity contribution is 9.09. The number of carbonyl (C=O) groups is 1. The van der Waals surface area contributed by atoms with E-state index in [1.165, 1.54) is 7.11 Å². The number of carbonyl (C=O) groups excluding carboxylic acids is 1. The number of benzene rings is 1. The number of hydrogen-bond donors (Lipinski definition) is 0. The van der Waals surface area contributed by atoms with Crippen LogP contribution >= 0.6 is 15.9 Å². The van der Waals surface area contributed by atoms with E-state index in [1.54, 1.807) is 0 Å². The van der Waals surface area contributed by atoms with Gasteiger partial charge in [-0.05, 0) is 36.1 Å². The fraction of sp³-hybridized carbons (Fsp3) is 0.600. The van der Waals surface area contributed by atoms with Crippen LogP contribution in [0.1, 0.15) is 55.2 Å². The third kappa shape index (κ3) is 6.21. The number of halogens is 7. The lowest BCUT2D eigenvalue weighted by molar-refractivity contribution is -0.147. The van der Waals surface area contributed by atoms with Crippen molar-refractivity contribution in [2.24, 2.45) is 10.9 Å². The van der Waals surface area contributed by atoms with Crippen LogP contribution in [0.5, 0.6) is 0 Å². The third-order valence-electron chi connectivity index (χ3n) is 5.21. The molecule has 2 rings (SSSR count). The van der Waals surface area contributed by atoms with Gasteiger partial charge >= 0.3 is 18.3 Å². The molecule has 1 aliphatic carbocycles. The van der Waals surface area contributed by atoms with E-state index >= 15 is 0 Å². The number of aliphatic imine (C=N–C) groups is 1. The summed E-state index contributed by atoms with van der Waals surface area (Å²) in [5, 5.41) is 0.0325. The molecule has 1 saturated carbocycles. The van der Waals surface area contributed by atoms with Gasteiger partial charge in [0.05, 0.1) is 18.2 Å². The first-order chi connectivity index (χ1) is 13.9. The zero-order valence-corrected chi connectivity index (χ0v) is 17.8. The average molecular weight is 502 g/mol. The molecule has 1 unspecified atom stereocenters. The normalized spacial score (nSPS) is 18.4. The van der Waals surface area contributed by atoms with Crippen molar-refractivity contribution in [3.8, 4) is 0 Å². The Balaban J connectivity index is 2.45. The van der Waals surface area contributed by atoms with Crippen LogP contribution in [-0.4, -0.2) is 30.2 Å². The highest BCUT2D eigenvalue weighted by Gasteiger charge is 2.41. The monoisotopic (exact) mass is 501 g/mol. The Labute approximate surface area is 179 Å². The van der Waals surface area contributed by atoms with Gasteiger partial charge in [-0.3, -0.25) is 4.99 Å². The first kappa shape index (κ1) is 24.7. The van der Waals surface area contributed by atoms with E-state index in [1.807, 2.05) is 0 Å². The fourth-order valence-corrected chi connectivity index (χ4v) is 4.25. The topological polar surface area (TPSA) is 38.7 Å². The number of hydrogen-bond acceptors (Lipinski definition) is 3. The Morgan fingerprint density at radius 3 is 2.03 bits per heavy atom. The second kappa shape index (κ2) is 9.70. The van der Waals surface area contributed by atoms with Crippen LogP contribution in [0.4, 0.5) is 26.3 Å². The lowest BCUT2D eigenvalue weighted by atomic mass is 9.80. The molecule has 0 saturated heterocycles. The second-order valence-corrected chi connectivity index (χ2v) is 8.02. The van der Waals surface area contributed by atoms with Gasteiger partial charge in [0.2, 0.25) is 0 Å². The first-order valence-electron chi connectivity index (χ1n) is 9.40. The Morgan fingerprint density at radius 2 is 1.60 bits per heavy atom. The van der Waals surface area contributed by atoms with E-state index in [0.29, 0.717) is 18.6 Å². The van der Waals surface area contributed by atoms with E-state index in [-0.39, 0.29) is 17.3 Å². The fourth-order valence-electron chi connectivity index (χ4n) is 3.64. The number of methoxy groups -OCH3 is 1. The number of alkyl halides is 7. The van der Waals surface area contributed by atoms with Gasteiger partial charge in [0.15, 0.2) is 5.54 Å². The standard InChI is InChI=1S/C20H22BrF6NO2/c1-30-17(29)18(12-21,10-13-5-3-2-4-6-13)28-11-14-7-15(19(22,23)24)9-16(8-14)20(25,26)27/h7-9,11,13H,2-6,10,12H2,1H3. The highest BCUT2D eigenvalue weighted by Crippen LogP contribution is 2.37. The van der Waals surface area contributed by atoms with Gasteiger partial charge in [0.25, 0.3) is 0 Å². The highest BCUT2D eigenvalue weighted by atomic mass is 79.9. The second-order valence-electron chi connectivity index (χ2n) is 7.46. The van der Waals surface area contributed by atoms with Crippen molar-refractivity contribution in [3.63, 3.8) is 0 Å². The summed E-state index contributed by atoms with van der Waals surface area (Å²) in [6.07, 6.45) is -3.89. The summed E-state index contributed by atoms with van der Waals surface area (Å²) in [5.74, 6) is -0.524. The summed E-state index contributed by atoms with van der Waals surface area (Å²) in [7, 11) is 1.17. The van der Waals surface area contributed by atoms with E-state index in [9.17, 15) is 31.1 Å². The van der Waals surface area contributed by atoms with Crippen LogP contribution in [0.2, 0.25) is 0 Å². The van der Waals surface area contributed by atoms with Gasteiger partial charge in [-0.1, -0.05) is 48.0 Å². The van der Waals surface area contributed by atoms with Gasteiger partial charge in [0.1, 0.15) is 0 Å². The van der Waals surface area contributed by atoms with Gasteiger partial charge in [-0.15, -0.1) is 0 Å². The number of rotatable bonds is 6. The third-order valence-corrected chi connectivity index (χ3v) is 6.14. The minimum absolute atomic E-state index is 0.0325. The molecule has 0 radical (unpaired) electrons. The molecule has 0 amide bonds. The molecule has 0 bridgehead atoms. The van der Waals surface area contributed by atoms with Crippen molar-refractivity contribution in [2.45, 2.75) is 56.4 Å². The van der Waals surface area contributed by atoms with Crippen molar-refractivity contribution in [3.05, 3.63) is 34.9 Å². The van der Waals surface area contributed by atoms with E-state index < -0.39 is 40.6 Å². The maximum atomic E-state index is 13.1. The lowest BCUT2D eigenvalue weighted by Gasteiger charge is -2.31. The molecule has 0 aromatic heterocycles. The molecule has 1 aromatic carbocycles. The van der Waals surface area contributed by atoms with Gasteiger partial charge in [-0.25, -0.2) is 4.79 Å². The maximum Gasteiger partial charge on any atom is 0.416 e. The molecule has 3 nitrogen and oxygen atoms in total. The molecule has 30 heavy (non-hydrogen) atoms. The molecule has 1 atom stereocenters. The molecule has 0 heterocycles. The van der Waals surface area contributed by atoms with Crippen molar-refractivity contribution in [2.75, 3.05) is 12.4 Å². The Morgan fingerprint density at radius 1 is 1.07 bits per heavy atom. The van der Waals surface area contributed by atoms with Crippen LogP contribution in [0.15, 0.2) is 23.2 Å². The Hall–Kier alpha value is -1.58. The summed E-state index contributed by atoms with van der Waals surface area (Å²) in [5.41, 5.74) is -4.69. The SMILES string of the molecule is COC(=O)C(CBr)(CC1CCCCC1)N=Cc1cc(C(F)(F)F)cc(C(F)(F)F)c1. The molecule has 0 aliphatic heterocycles. The van der Waals surface area contributed by atoms with Crippen molar-refractivity contribution >= 4 is 28.1 Å². The van der Waals surface area contributed by atoms with Crippen LogP contribution in [0.25, 0.3) is 0 Å². The summed E-state index contributed by atoms with van der Waals surface area (Å²) in [6, 6.07) is 1.21. The summed E-state index contributed by atoms with van der Waals surface area (Å²) in [4.78, 5) is 16.7. The molecular weight excluding hydrogens is 480 g/mol.